The van der Waals surface area contributed by atoms with E-state index in [1.54, 1.807) is 36.9 Å². The van der Waals surface area contributed by atoms with Crippen LogP contribution in [0.25, 0.3) is 0 Å². The standard InChI is InChI=1S/C18H24Cl2N2O2/c1-3-17(23)22(11-13-8-9-14(19)10-16(13)20)12(2)18(24)21-15-6-4-5-7-15/h8-10,12,15H,3-7,11H2,1-2H3,(H,21,24)/t12-/m0/s1. The summed E-state index contributed by atoms with van der Waals surface area (Å²) in [4.78, 5) is 26.5. The lowest BCUT2D eigenvalue weighted by Gasteiger charge is -2.29. The zero-order valence-corrected chi connectivity index (χ0v) is 15.7. The second kappa shape index (κ2) is 8.72. The van der Waals surface area contributed by atoms with Crippen molar-refractivity contribution in [3.63, 3.8) is 0 Å². The molecule has 2 amide bonds. The first-order valence-corrected chi connectivity index (χ1v) is 9.21. The number of halogens is 2. The number of carbonyl (C=O) groups is 2. The molecule has 24 heavy (non-hydrogen) atoms. The van der Waals surface area contributed by atoms with Gasteiger partial charge in [0, 0.05) is 29.1 Å². The largest absolute Gasteiger partial charge is 0.352 e. The molecule has 0 spiro atoms. The highest BCUT2D eigenvalue weighted by Gasteiger charge is 2.28. The number of benzene rings is 1. The quantitative estimate of drug-likeness (QED) is 0.816. The van der Waals surface area contributed by atoms with E-state index in [1.807, 2.05) is 0 Å². The zero-order valence-electron chi connectivity index (χ0n) is 14.1. The van der Waals surface area contributed by atoms with Gasteiger partial charge in [-0.15, -0.1) is 0 Å². The van der Waals surface area contributed by atoms with Crippen molar-refractivity contribution in [3.05, 3.63) is 33.8 Å². The van der Waals surface area contributed by atoms with Gasteiger partial charge in [-0.1, -0.05) is 49.0 Å². The number of nitrogens with zero attached hydrogens (tertiary/aromatic N) is 1. The van der Waals surface area contributed by atoms with Gasteiger partial charge in [-0.05, 0) is 37.5 Å². The molecule has 6 heteroatoms. The third-order valence-corrected chi connectivity index (χ3v) is 5.11. The summed E-state index contributed by atoms with van der Waals surface area (Å²) in [5, 5.41) is 4.11. The lowest BCUT2D eigenvalue weighted by molar-refractivity contribution is -0.140. The Kier molecular flexibility index (Phi) is 6.93. The Labute approximate surface area is 153 Å². The van der Waals surface area contributed by atoms with Crippen molar-refractivity contribution in [2.45, 2.75) is 64.6 Å². The summed E-state index contributed by atoms with van der Waals surface area (Å²) in [6.07, 6.45) is 4.67. The van der Waals surface area contributed by atoms with Crippen molar-refractivity contribution in [2.24, 2.45) is 0 Å². The van der Waals surface area contributed by atoms with Crippen molar-refractivity contribution < 1.29 is 9.59 Å². The van der Waals surface area contributed by atoms with Gasteiger partial charge >= 0.3 is 0 Å². The molecule has 2 rings (SSSR count). The van der Waals surface area contributed by atoms with Crippen LogP contribution < -0.4 is 5.32 Å². The molecule has 0 aliphatic heterocycles. The molecular weight excluding hydrogens is 347 g/mol. The van der Waals surface area contributed by atoms with Gasteiger partial charge in [0.2, 0.25) is 11.8 Å². The molecule has 4 nitrogen and oxygen atoms in total. The van der Waals surface area contributed by atoms with Crippen LogP contribution in [0, 0.1) is 0 Å². The Hall–Kier alpha value is -1.26. The highest BCUT2D eigenvalue weighted by atomic mass is 35.5. The predicted octanol–water partition coefficient (Wildman–Crippen LogP) is 4.18. The molecule has 1 aliphatic carbocycles. The molecule has 0 saturated heterocycles. The molecule has 0 bridgehead atoms. The van der Waals surface area contributed by atoms with Crippen LogP contribution in [0.15, 0.2) is 18.2 Å². The average Bonchev–Trinajstić information content (AvgIpc) is 3.05. The first-order chi connectivity index (χ1) is 11.4. The van der Waals surface area contributed by atoms with Gasteiger partial charge in [-0.3, -0.25) is 9.59 Å². The molecule has 1 fully saturated rings. The molecule has 0 heterocycles. The predicted molar refractivity (Wildman–Crippen MR) is 97.2 cm³/mol. The SMILES string of the molecule is CCC(=O)N(Cc1ccc(Cl)cc1Cl)[C@@H](C)C(=O)NC1CCCC1. The van der Waals surface area contributed by atoms with Crippen molar-refractivity contribution in [3.8, 4) is 0 Å². The first kappa shape index (κ1) is 19.1. The molecule has 1 saturated carbocycles. The van der Waals surface area contributed by atoms with Gasteiger partial charge in [-0.2, -0.15) is 0 Å². The van der Waals surface area contributed by atoms with E-state index in [0.29, 0.717) is 23.0 Å². The molecule has 0 unspecified atom stereocenters. The van der Waals surface area contributed by atoms with Gasteiger partial charge in [0.15, 0.2) is 0 Å². The molecule has 1 aromatic rings. The maximum atomic E-state index is 12.5. The molecular formula is C18H24Cl2N2O2. The third-order valence-electron chi connectivity index (χ3n) is 4.53. The van der Waals surface area contributed by atoms with Gasteiger partial charge in [-0.25, -0.2) is 0 Å². The Balaban J connectivity index is 2.11. The number of rotatable bonds is 6. The minimum atomic E-state index is -0.537. The number of hydrogen-bond donors (Lipinski definition) is 1. The fourth-order valence-corrected chi connectivity index (χ4v) is 3.48. The van der Waals surface area contributed by atoms with E-state index in [9.17, 15) is 9.59 Å². The summed E-state index contributed by atoms with van der Waals surface area (Å²) in [5.74, 6) is -0.177. The van der Waals surface area contributed by atoms with Crippen LogP contribution in [0.1, 0.15) is 51.5 Å². The summed E-state index contributed by atoms with van der Waals surface area (Å²) >= 11 is 12.1. The summed E-state index contributed by atoms with van der Waals surface area (Å²) in [6, 6.07) is 4.88. The normalized spacial score (nSPS) is 16.0. The highest BCUT2D eigenvalue weighted by Crippen LogP contribution is 2.24. The van der Waals surface area contributed by atoms with Crippen molar-refractivity contribution in [1.29, 1.82) is 0 Å². The fourth-order valence-electron chi connectivity index (χ4n) is 3.01. The Morgan fingerprint density at radius 1 is 1.29 bits per heavy atom. The Morgan fingerprint density at radius 3 is 2.54 bits per heavy atom. The average molecular weight is 371 g/mol. The van der Waals surface area contributed by atoms with Crippen molar-refractivity contribution >= 4 is 35.0 Å². The highest BCUT2D eigenvalue weighted by molar-refractivity contribution is 6.35. The van der Waals surface area contributed by atoms with E-state index in [-0.39, 0.29) is 17.9 Å². The molecule has 1 aliphatic rings. The van der Waals surface area contributed by atoms with Crippen molar-refractivity contribution in [2.75, 3.05) is 0 Å². The summed E-state index contributed by atoms with van der Waals surface area (Å²) in [7, 11) is 0. The van der Waals surface area contributed by atoms with Gasteiger partial charge in [0.25, 0.3) is 0 Å². The number of nitrogens with one attached hydrogen (secondary N) is 1. The van der Waals surface area contributed by atoms with Crippen LogP contribution in [-0.2, 0) is 16.1 Å². The zero-order chi connectivity index (χ0) is 17.7. The number of carbonyl (C=O) groups excluding carboxylic acids is 2. The Bertz CT molecular complexity index is 601. The molecule has 1 aromatic carbocycles. The first-order valence-electron chi connectivity index (χ1n) is 8.46. The van der Waals surface area contributed by atoms with E-state index in [0.717, 1.165) is 31.2 Å². The maximum absolute atomic E-state index is 12.5. The van der Waals surface area contributed by atoms with E-state index < -0.39 is 6.04 Å². The third kappa shape index (κ3) is 4.87. The van der Waals surface area contributed by atoms with Gasteiger partial charge < -0.3 is 10.2 Å². The smallest absolute Gasteiger partial charge is 0.242 e. The van der Waals surface area contributed by atoms with Crippen LogP contribution >= 0.6 is 23.2 Å². The van der Waals surface area contributed by atoms with Crippen LogP contribution in [0.3, 0.4) is 0 Å². The molecule has 1 N–H and O–H groups in total. The maximum Gasteiger partial charge on any atom is 0.242 e. The van der Waals surface area contributed by atoms with E-state index in [4.69, 9.17) is 23.2 Å². The van der Waals surface area contributed by atoms with E-state index in [1.165, 1.54) is 0 Å². The van der Waals surface area contributed by atoms with E-state index >= 15 is 0 Å². The number of amides is 2. The van der Waals surface area contributed by atoms with Gasteiger partial charge in [0.05, 0.1) is 0 Å². The summed E-state index contributed by atoms with van der Waals surface area (Å²) in [5.41, 5.74) is 0.781. The molecule has 132 valence electrons. The van der Waals surface area contributed by atoms with Crippen molar-refractivity contribution in [1.82, 2.24) is 10.2 Å². The van der Waals surface area contributed by atoms with Gasteiger partial charge in [0.1, 0.15) is 6.04 Å². The van der Waals surface area contributed by atoms with Crippen LogP contribution in [0.2, 0.25) is 10.0 Å². The topological polar surface area (TPSA) is 49.4 Å². The van der Waals surface area contributed by atoms with Crippen LogP contribution in [0.4, 0.5) is 0 Å². The monoisotopic (exact) mass is 370 g/mol. The molecule has 0 aromatic heterocycles. The fraction of sp³-hybridized carbons (Fsp3) is 0.556. The van der Waals surface area contributed by atoms with E-state index in [2.05, 4.69) is 5.32 Å². The second-order valence-corrected chi connectivity index (χ2v) is 7.12. The minimum Gasteiger partial charge on any atom is -0.352 e. The van der Waals surface area contributed by atoms with Crippen LogP contribution in [0.5, 0.6) is 0 Å². The molecule has 1 atom stereocenters. The summed E-state index contributed by atoms with van der Waals surface area (Å²) < 4.78 is 0. The molecule has 0 radical (unpaired) electrons. The lowest BCUT2D eigenvalue weighted by Crippen LogP contribution is -2.49. The lowest BCUT2D eigenvalue weighted by atomic mass is 10.1. The summed E-state index contributed by atoms with van der Waals surface area (Å²) in [6.45, 7) is 3.85. The second-order valence-electron chi connectivity index (χ2n) is 6.28. The van der Waals surface area contributed by atoms with Crippen LogP contribution in [-0.4, -0.2) is 28.8 Å². The minimum absolute atomic E-state index is 0.0740. The Morgan fingerprint density at radius 2 is 1.96 bits per heavy atom. The number of hydrogen-bond acceptors (Lipinski definition) is 2.